The molecule has 1 rings (SSSR count). The maximum absolute atomic E-state index is 12.6. The molecule has 0 saturated heterocycles. The van der Waals surface area contributed by atoms with Crippen LogP contribution in [-0.2, 0) is 17.0 Å². The number of hydrogen-bond acceptors (Lipinski definition) is 4. The summed E-state index contributed by atoms with van der Waals surface area (Å²) in [6.45, 7) is 1.76. The van der Waals surface area contributed by atoms with E-state index in [9.17, 15) is 22.2 Å². The van der Waals surface area contributed by atoms with Gasteiger partial charge in [-0.15, -0.1) is 0 Å². The number of aromatic nitrogens is 1. The second kappa shape index (κ2) is 6.21. The Morgan fingerprint density at radius 3 is 2.55 bits per heavy atom. The van der Waals surface area contributed by atoms with Gasteiger partial charge in [0.15, 0.2) is 0 Å². The molecule has 0 aliphatic heterocycles. The Balaban J connectivity index is 3.07. The smallest absolute Gasteiger partial charge is 0.368 e. The number of primary amides is 1. The van der Waals surface area contributed by atoms with E-state index in [-0.39, 0.29) is 23.2 Å². The van der Waals surface area contributed by atoms with E-state index in [1.165, 1.54) is 6.26 Å². The third-order valence-corrected chi connectivity index (χ3v) is 3.87. The first-order valence-corrected chi connectivity index (χ1v) is 7.19. The van der Waals surface area contributed by atoms with Gasteiger partial charge >= 0.3 is 6.18 Å². The van der Waals surface area contributed by atoms with Crippen molar-refractivity contribution < 1.29 is 22.2 Å². The molecule has 2 unspecified atom stereocenters. The molecular weight excluding hydrogens is 295 g/mol. The third-order valence-electron chi connectivity index (χ3n) is 2.57. The first kappa shape index (κ1) is 16.4. The van der Waals surface area contributed by atoms with E-state index < -0.39 is 28.6 Å². The minimum absolute atomic E-state index is 0.109. The van der Waals surface area contributed by atoms with Crippen molar-refractivity contribution in [3.05, 3.63) is 23.4 Å². The van der Waals surface area contributed by atoms with Gasteiger partial charge in [-0.05, 0) is 19.1 Å². The number of anilines is 1. The molecule has 1 aromatic heterocycles. The van der Waals surface area contributed by atoms with Gasteiger partial charge in [0.05, 0.1) is 5.56 Å². The molecule has 3 N–H and O–H groups in total. The normalized spacial score (nSPS) is 14.7. The Morgan fingerprint density at radius 1 is 1.50 bits per heavy atom. The van der Waals surface area contributed by atoms with Gasteiger partial charge in [-0.3, -0.25) is 9.00 Å². The average molecular weight is 309 g/mol. The molecule has 1 aromatic rings. The summed E-state index contributed by atoms with van der Waals surface area (Å²) in [5.41, 5.74) is 3.80. The van der Waals surface area contributed by atoms with Crippen LogP contribution in [-0.4, -0.2) is 33.2 Å². The topological polar surface area (TPSA) is 85.1 Å². The third kappa shape index (κ3) is 4.19. The highest BCUT2D eigenvalue weighted by molar-refractivity contribution is 7.84. The Labute approximate surface area is 116 Å². The van der Waals surface area contributed by atoms with Crippen LogP contribution in [0.15, 0.2) is 12.1 Å². The fourth-order valence-corrected chi connectivity index (χ4v) is 1.63. The highest BCUT2D eigenvalue weighted by Gasteiger charge is 2.33. The second-order valence-corrected chi connectivity index (χ2v) is 5.95. The lowest BCUT2D eigenvalue weighted by atomic mass is 10.2. The molecule has 0 aliphatic rings. The summed E-state index contributed by atoms with van der Waals surface area (Å²) in [5.74, 6) is -1.15. The maximum Gasteiger partial charge on any atom is 0.433 e. The number of amides is 1. The zero-order chi connectivity index (χ0) is 15.5. The van der Waals surface area contributed by atoms with Gasteiger partial charge in [0, 0.05) is 28.9 Å². The highest BCUT2D eigenvalue weighted by Crippen LogP contribution is 2.29. The molecule has 1 amide bonds. The summed E-state index contributed by atoms with van der Waals surface area (Å²) in [6, 6.07) is 1.65. The van der Waals surface area contributed by atoms with E-state index in [2.05, 4.69) is 10.3 Å². The van der Waals surface area contributed by atoms with Crippen LogP contribution >= 0.6 is 0 Å². The minimum Gasteiger partial charge on any atom is -0.368 e. The van der Waals surface area contributed by atoms with E-state index >= 15 is 0 Å². The first-order chi connectivity index (χ1) is 9.12. The van der Waals surface area contributed by atoms with Crippen LogP contribution in [0.25, 0.3) is 0 Å². The monoisotopic (exact) mass is 309 g/mol. The number of hydrogen-bond donors (Lipinski definition) is 2. The lowest BCUT2D eigenvalue weighted by molar-refractivity contribution is -0.141. The number of alkyl halides is 3. The minimum atomic E-state index is -4.62. The van der Waals surface area contributed by atoms with Crippen LogP contribution in [0.5, 0.6) is 0 Å². The van der Waals surface area contributed by atoms with Crippen molar-refractivity contribution >= 4 is 22.5 Å². The zero-order valence-electron chi connectivity index (χ0n) is 10.8. The van der Waals surface area contributed by atoms with Crippen molar-refractivity contribution in [2.75, 3.05) is 18.1 Å². The zero-order valence-corrected chi connectivity index (χ0v) is 11.6. The average Bonchev–Trinajstić information content (AvgIpc) is 2.34. The Kier molecular flexibility index (Phi) is 5.09. The highest BCUT2D eigenvalue weighted by atomic mass is 32.2. The van der Waals surface area contributed by atoms with Crippen LogP contribution in [0.4, 0.5) is 19.0 Å². The van der Waals surface area contributed by atoms with Gasteiger partial charge in [-0.1, -0.05) is 0 Å². The van der Waals surface area contributed by atoms with E-state index in [1.807, 2.05) is 0 Å². The lowest BCUT2D eigenvalue weighted by Gasteiger charge is -2.14. The van der Waals surface area contributed by atoms with Crippen LogP contribution in [0, 0.1) is 0 Å². The summed E-state index contributed by atoms with van der Waals surface area (Å²) in [5, 5.41) is 2.27. The van der Waals surface area contributed by atoms with Gasteiger partial charge in [-0.25, -0.2) is 4.98 Å². The number of carbonyl (C=O) groups excluding carboxylic acids is 1. The van der Waals surface area contributed by atoms with Gasteiger partial charge in [0.25, 0.3) is 5.91 Å². The van der Waals surface area contributed by atoms with Crippen molar-refractivity contribution in [2.24, 2.45) is 5.73 Å². The summed E-state index contributed by atoms with van der Waals surface area (Å²) in [7, 11) is -1.15. The largest absolute Gasteiger partial charge is 0.433 e. The van der Waals surface area contributed by atoms with E-state index in [4.69, 9.17) is 5.73 Å². The standard InChI is InChI=1S/C11H14F3N3O2S/c1-6(20(2)19)5-16-10-7(9(15)18)3-4-8(17-10)11(12,13)14/h3-4,6H,5H2,1-2H3,(H2,15,18)(H,16,17). The second-order valence-electron chi connectivity index (χ2n) is 4.14. The Hall–Kier alpha value is -1.64. The number of nitrogens with zero attached hydrogens (tertiary/aromatic N) is 1. The molecule has 0 fully saturated rings. The van der Waals surface area contributed by atoms with Gasteiger partial charge in [0.1, 0.15) is 11.5 Å². The molecule has 2 atom stereocenters. The molecule has 9 heteroatoms. The Morgan fingerprint density at radius 2 is 2.10 bits per heavy atom. The van der Waals surface area contributed by atoms with Crippen LogP contribution in [0.3, 0.4) is 0 Å². The van der Waals surface area contributed by atoms with Gasteiger partial charge in [0.2, 0.25) is 0 Å². The molecule has 20 heavy (non-hydrogen) atoms. The number of pyridine rings is 1. The summed E-state index contributed by atoms with van der Waals surface area (Å²) >= 11 is 0. The van der Waals surface area contributed by atoms with Crippen LogP contribution in [0.1, 0.15) is 23.0 Å². The molecule has 0 saturated carbocycles. The van der Waals surface area contributed by atoms with E-state index in [1.54, 1.807) is 6.92 Å². The predicted octanol–water partition coefficient (Wildman–Crippen LogP) is 1.38. The van der Waals surface area contributed by atoms with Gasteiger partial charge < -0.3 is 11.1 Å². The predicted molar refractivity (Wildman–Crippen MR) is 69.8 cm³/mol. The molecule has 5 nitrogen and oxygen atoms in total. The quantitative estimate of drug-likeness (QED) is 0.860. The number of rotatable bonds is 5. The molecular formula is C11H14F3N3O2S. The maximum atomic E-state index is 12.6. The van der Waals surface area contributed by atoms with E-state index in [0.717, 1.165) is 6.07 Å². The van der Waals surface area contributed by atoms with Crippen molar-refractivity contribution in [1.82, 2.24) is 4.98 Å². The van der Waals surface area contributed by atoms with Crippen LogP contribution in [0.2, 0.25) is 0 Å². The van der Waals surface area contributed by atoms with Gasteiger partial charge in [-0.2, -0.15) is 13.2 Å². The van der Waals surface area contributed by atoms with Crippen molar-refractivity contribution in [3.8, 4) is 0 Å². The van der Waals surface area contributed by atoms with Crippen molar-refractivity contribution in [3.63, 3.8) is 0 Å². The summed E-state index contributed by atoms with van der Waals surface area (Å²) in [6.07, 6.45) is -3.15. The molecule has 0 bridgehead atoms. The number of halogens is 3. The van der Waals surface area contributed by atoms with Crippen molar-refractivity contribution in [1.29, 1.82) is 0 Å². The number of nitrogens with two attached hydrogens (primary N) is 1. The lowest BCUT2D eigenvalue weighted by Crippen LogP contribution is -2.24. The summed E-state index contributed by atoms with van der Waals surface area (Å²) < 4.78 is 48.9. The molecule has 112 valence electrons. The molecule has 0 aliphatic carbocycles. The molecule has 0 radical (unpaired) electrons. The fraction of sp³-hybridized carbons (Fsp3) is 0.455. The number of nitrogens with one attached hydrogen (secondary N) is 1. The molecule has 0 aromatic carbocycles. The molecule has 0 spiro atoms. The number of carbonyl (C=O) groups is 1. The Bertz CT molecular complexity index is 534. The molecule has 1 heterocycles. The SMILES string of the molecule is CC(CNc1nc(C(F)(F)F)ccc1C(N)=O)S(C)=O. The van der Waals surface area contributed by atoms with E-state index in [0.29, 0.717) is 6.07 Å². The van der Waals surface area contributed by atoms with Crippen LogP contribution < -0.4 is 11.1 Å². The summed E-state index contributed by atoms with van der Waals surface area (Å²) in [4.78, 5) is 14.5. The van der Waals surface area contributed by atoms with Crippen molar-refractivity contribution in [2.45, 2.75) is 18.3 Å². The fourth-order valence-electron chi connectivity index (χ4n) is 1.31. The first-order valence-electron chi connectivity index (χ1n) is 5.57.